The summed E-state index contributed by atoms with van der Waals surface area (Å²) in [7, 11) is 0. The Morgan fingerprint density at radius 3 is 2.86 bits per heavy atom. The number of aromatic nitrogens is 1. The third kappa shape index (κ3) is 3.30. The van der Waals surface area contributed by atoms with E-state index >= 15 is 0 Å². The van der Waals surface area contributed by atoms with Crippen molar-refractivity contribution in [2.24, 2.45) is 0 Å². The molecule has 0 radical (unpaired) electrons. The van der Waals surface area contributed by atoms with Crippen molar-refractivity contribution in [3.63, 3.8) is 0 Å². The lowest BCUT2D eigenvalue weighted by Crippen LogP contribution is -2.36. The molecule has 3 heteroatoms. The molecule has 1 heterocycles. The lowest BCUT2D eigenvalue weighted by molar-refractivity contribution is 0.0934. The van der Waals surface area contributed by atoms with E-state index in [1.165, 1.54) is 11.1 Å². The van der Waals surface area contributed by atoms with Gasteiger partial charge in [0.05, 0.1) is 5.56 Å². The van der Waals surface area contributed by atoms with Crippen LogP contribution >= 0.6 is 0 Å². The second kappa shape index (κ2) is 6.08. The molecule has 1 amide bonds. The molecule has 108 valence electrons. The quantitative estimate of drug-likeness (QED) is 0.859. The fraction of sp³-hybridized carbons (Fsp3) is 0.333. The van der Waals surface area contributed by atoms with Crippen molar-refractivity contribution in [2.45, 2.75) is 38.6 Å². The molecule has 1 aliphatic carbocycles. The minimum absolute atomic E-state index is 0.0180. The molecule has 0 fully saturated rings. The van der Waals surface area contributed by atoms with Gasteiger partial charge in [-0.1, -0.05) is 24.3 Å². The topological polar surface area (TPSA) is 42.0 Å². The third-order valence-electron chi connectivity index (χ3n) is 4.06. The Bertz CT molecular complexity index is 651. The van der Waals surface area contributed by atoms with E-state index < -0.39 is 0 Å². The number of aryl methyl sites for hydroxylation is 2. The number of fused-ring (bicyclic) bond motifs is 1. The Morgan fingerprint density at radius 2 is 2.05 bits per heavy atom. The average molecular weight is 280 g/mol. The summed E-state index contributed by atoms with van der Waals surface area (Å²) in [5.41, 5.74) is 4.44. The van der Waals surface area contributed by atoms with Gasteiger partial charge in [0.1, 0.15) is 0 Å². The smallest absolute Gasteiger partial charge is 0.253 e. The van der Waals surface area contributed by atoms with Crippen molar-refractivity contribution >= 4 is 5.91 Å². The highest BCUT2D eigenvalue weighted by atomic mass is 16.1. The molecule has 1 aromatic carbocycles. The molecule has 0 saturated carbocycles. The minimum Gasteiger partial charge on any atom is -0.349 e. The van der Waals surface area contributed by atoms with Gasteiger partial charge in [-0.3, -0.25) is 9.78 Å². The zero-order valence-corrected chi connectivity index (χ0v) is 12.3. The summed E-state index contributed by atoms with van der Waals surface area (Å²) in [5.74, 6) is -0.0180. The number of carbonyl (C=O) groups is 1. The fourth-order valence-corrected chi connectivity index (χ4v) is 2.98. The monoisotopic (exact) mass is 280 g/mol. The van der Waals surface area contributed by atoms with Crippen molar-refractivity contribution in [2.75, 3.05) is 0 Å². The molecule has 3 rings (SSSR count). The van der Waals surface area contributed by atoms with Crippen LogP contribution < -0.4 is 5.32 Å². The van der Waals surface area contributed by atoms with E-state index in [9.17, 15) is 4.79 Å². The summed E-state index contributed by atoms with van der Waals surface area (Å²) in [5, 5.41) is 3.16. The van der Waals surface area contributed by atoms with Crippen LogP contribution in [0.5, 0.6) is 0 Å². The highest BCUT2D eigenvalue weighted by Crippen LogP contribution is 2.20. The number of rotatable bonds is 2. The number of pyridine rings is 1. The molecule has 2 aromatic rings. The van der Waals surface area contributed by atoms with Crippen LogP contribution in [0.25, 0.3) is 0 Å². The van der Waals surface area contributed by atoms with Gasteiger partial charge in [-0.25, -0.2) is 0 Å². The molecule has 0 saturated heterocycles. The molecule has 21 heavy (non-hydrogen) atoms. The number of nitrogens with one attached hydrogen (secondary N) is 1. The van der Waals surface area contributed by atoms with Gasteiger partial charge < -0.3 is 5.32 Å². The van der Waals surface area contributed by atoms with Crippen LogP contribution in [0.2, 0.25) is 0 Å². The first kappa shape index (κ1) is 13.8. The Morgan fingerprint density at radius 1 is 1.24 bits per heavy atom. The summed E-state index contributed by atoms with van der Waals surface area (Å²) in [6.45, 7) is 1.95. The van der Waals surface area contributed by atoms with Crippen molar-refractivity contribution < 1.29 is 4.79 Å². The molecule has 3 nitrogen and oxygen atoms in total. The Kier molecular flexibility index (Phi) is 4.00. The Hall–Kier alpha value is -2.16. The first-order chi connectivity index (χ1) is 10.2. The summed E-state index contributed by atoms with van der Waals surface area (Å²) in [6, 6.07) is 10.6. The highest BCUT2D eigenvalue weighted by Gasteiger charge is 2.19. The van der Waals surface area contributed by atoms with Crippen molar-refractivity contribution in [1.29, 1.82) is 0 Å². The van der Waals surface area contributed by atoms with Crippen LogP contribution in [0.4, 0.5) is 0 Å². The molecule has 1 unspecified atom stereocenters. The second-order valence-electron chi connectivity index (χ2n) is 5.79. The van der Waals surface area contributed by atoms with Crippen LogP contribution in [-0.2, 0) is 12.8 Å². The van der Waals surface area contributed by atoms with Gasteiger partial charge >= 0.3 is 0 Å². The van der Waals surface area contributed by atoms with Crippen LogP contribution in [0.15, 0.2) is 42.7 Å². The van der Waals surface area contributed by atoms with Gasteiger partial charge in [0.2, 0.25) is 0 Å². The molecule has 0 aliphatic heterocycles. The number of hydrogen-bond acceptors (Lipinski definition) is 2. The zero-order valence-electron chi connectivity index (χ0n) is 12.3. The van der Waals surface area contributed by atoms with Gasteiger partial charge in [-0.15, -0.1) is 0 Å². The summed E-state index contributed by atoms with van der Waals surface area (Å²) in [4.78, 5) is 16.4. The molecule has 0 spiro atoms. The molecular weight excluding hydrogens is 260 g/mol. The number of nitrogens with zero attached hydrogens (tertiary/aromatic N) is 1. The van der Waals surface area contributed by atoms with Gasteiger partial charge in [0.25, 0.3) is 5.91 Å². The summed E-state index contributed by atoms with van der Waals surface area (Å²) >= 11 is 0. The first-order valence-electron chi connectivity index (χ1n) is 7.51. The number of benzene rings is 1. The lowest BCUT2D eigenvalue weighted by atomic mass is 10.0. The van der Waals surface area contributed by atoms with E-state index in [0.29, 0.717) is 5.56 Å². The minimum atomic E-state index is -0.0180. The van der Waals surface area contributed by atoms with Crippen molar-refractivity contribution in [3.8, 4) is 0 Å². The molecule has 0 bridgehead atoms. The summed E-state index contributed by atoms with van der Waals surface area (Å²) in [6.07, 6.45) is 7.56. The first-order valence-corrected chi connectivity index (χ1v) is 7.51. The lowest BCUT2D eigenvalue weighted by Gasteiger charge is -2.17. The van der Waals surface area contributed by atoms with E-state index in [-0.39, 0.29) is 11.9 Å². The zero-order chi connectivity index (χ0) is 14.7. The third-order valence-corrected chi connectivity index (χ3v) is 4.06. The van der Waals surface area contributed by atoms with E-state index in [2.05, 4.69) is 34.6 Å². The van der Waals surface area contributed by atoms with Gasteiger partial charge in [0.15, 0.2) is 0 Å². The van der Waals surface area contributed by atoms with E-state index in [4.69, 9.17) is 0 Å². The molecule has 1 atom stereocenters. The Labute approximate surface area is 125 Å². The highest BCUT2D eigenvalue weighted by molar-refractivity contribution is 5.94. The average Bonchev–Trinajstić information content (AvgIpc) is 2.68. The second-order valence-corrected chi connectivity index (χ2v) is 5.79. The van der Waals surface area contributed by atoms with Crippen LogP contribution in [0.1, 0.15) is 39.9 Å². The molecule has 1 aliphatic rings. The van der Waals surface area contributed by atoms with Crippen LogP contribution in [-0.4, -0.2) is 16.9 Å². The largest absolute Gasteiger partial charge is 0.349 e. The number of amides is 1. The van der Waals surface area contributed by atoms with E-state index in [1.807, 2.05) is 13.0 Å². The predicted octanol–water partition coefficient (Wildman–Crippen LogP) is 3.07. The van der Waals surface area contributed by atoms with E-state index in [0.717, 1.165) is 31.2 Å². The Balaban J connectivity index is 1.72. The van der Waals surface area contributed by atoms with Crippen molar-refractivity contribution in [3.05, 3.63) is 65.0 Å². The maximum absolute atomic E-state index is 12.3. The van der Waals surface area contributed by atoms with Crippen molar-refractivity contribution in [1.82, 2.24) is 10.3 Å². The van der Waals surface area contributed by atoms with E-state index in [1.54, 1.807) is 12.4 Å². The predicted molar refractivity (Wildman–Crippen MR) is 83.3 cm³/mol. The van der Waals surface area contributed by atoms with Crippen LogP contribution in [0.3, 0.4) is 0 Å². The number of hydrogen-bond donors (Lipinski definition) is 1. The maximum atomic E-state index is 12.3. The summed E-state index contributed by atoms with van der Waals surface area (Å²) < 4.78 is 0. The van der Waals surface area contributed by atoms with Gasteiger partial charge in [-0.2, -0.15) is 0 Å². The number of carbonyl (C=O) groups excluding carboxylic acids is 1. The molecular formula is C18H20N2O. The normalized spacial score (nSPS) is 17.7. The SMILES string of the molecule is Cc1cncc(C(=O)NC2CCCc3ccccc3C2)c1. The maximum Gasteiger partial charge on any atom is 0.253 e. The van der Waals surface area contributed by atoms with Crippen LogP contribution in [0, 0.1) is 6.92 Å². The molecule has 1 aromatic heterocycles. The van der Waals surface area contributed by atoms with Gasteiger partial charge in [0, 0.05) is 18.4 Å². The van der Waals surface area contributed by atoms with Gasteiger partial charge in [-0.05, 0) is 55.4 Å². The fourth-order valence-electron chi connectivity index (χ4n) is 2.98. The molecule has 1 N–H and O–H groups in total. The standard InChI is InChI=1S/C18H20N2O/c1-13-9-16(12-19-11-13)18(21)20-17-8-4-7-14-5-2-3-6-15(14)10-17/h2-3,5-6,9,11-12,17H,4,7-8,10H2,1H3,(H,20,21).